The molecule has 2 aromatic rings. The lowest BCUT2D eigenvalue weighted by Crippen LogP contribution is -2.10. The number of benzene rings is 1. The average Bonchev–Trinajstić information content (AvgIpc) is 2.27. The molecule has 0 fully saturated rings. The van der Waals surface area contributed by atoms with E-state index in [-0.39, 0.29) is 11.4 Å². The predicted octanol–water partition coefficient (Wildman–Crippen LogP) is 0.843. The summed E-state index contributed by atoms with van der Waals surface area (Å²) in [6.07, 6.45) is 1.29. The number of nitrogen functional groups attached to an aromatic ring is 1. The van der Waals surface area contributed by atoms with Gasteiger partial charge in [-0.05, 0) is 24.1 Å². The Morgan fingerprint density at radius 3 is 2.59 bits per heavy atom. The molecule has 1 aromatic heterocycles. The molecule has 0 spiro atoms. The number of rotatable bonds is 3. The first-order chi connectivity index (χ1) is 8.13. The molecule has 1 heterocycles. The molecular formula is C12H13N3O2. The fraction of sp³-hybridized carbons (Fsp3) is 0.167. The zero-order chi connectivity index (χ0) is 12.3. The number of hydrogen-bond donors (Lipinski definition) is 3. The Morgan fingerprint density at radius 1 is 1.24 bits per heavy atom. The van der Waals surface area contributed by atoms with Gasteiger partial charge in [0.15, 0.2) is 0 Å². The molecule has 0 atom stereocenters. The minimum atomic E-state index is -0.343. The Morgan fingerprint density at radius 2 is 1.94 bits per heavy atom. The number of hydrogen-bond acceptors (Lipinski definition) is 4. The van der Waals surface area contributed by atoms with E-state index in [1.165, 1.54) is 0 Å². The Hall–Kier alpha value is -2.30. The van der Waals surface area contributed by atoms with Crippen molar-refractivity contribution in [3.05, 3.63) is 52.1 Å². The number of aromatic nitrogens is 2. The summed E-state index contributed by atoms with van der Waals surface area (Å²) in [4.78, 5) is 17.5. The number of anilines is 1. The van der Waals surface area contributed by atoms with E-state index in [0.29, 0.717) is 12.2 Å². The fourth-order valence-electron chi connectivity index (χ4n) is 1.56. The first-order valence-corrected chi connectivity index (χ1v) is 5.27. The van der Waals surface area contributed by atoms with Gasteiger partial charge in [0.1, 0.15) is 5.82 Å². The van der Waals surface area contributed by atoms with Crippen LogP contribution < -0.4 is 11.3 Å². The number of H-pyrrole nitrogens is 1. The first kappa shape index (κ1) is 11.2. The standard InChI is InChI=1S/C12H13N3O2/c13-9-4-1-8(2-5-9)3-6-10-14-11(16)7-12(17)15-10/h1-2,4-5,7H,3,6,13H2,(H2,14,15,16,17). The third-order valence-electron chi connectivity index (χ3n) is 2.41. The van der Waals surface area contributed by atoms with Crippen LogP contribution in [0.15, 0.2) is 35.1 Å². The second-order valence-corrected chi connectivity index (χ2v) is 3.79. The molecule has 17 heavy (non-hydrogen) atoms. The van der Waals surface area contributed by atoms with Crippen LogP contribution in [0.1, 0.15) is 11.4 Å². The number of aromatic amines is 1. The lowest BCUT2D eigenvalue weighted by Gasteiger charge is -2.02. The smallest absolute Gasteiger partial charge is 0.254 e. The van der Waals surface area contributed by atoms with Gasteiger partial charge >= 0.3 is 0 Å². The van der Waals surface area contributed by atoms with Crippen molar-refractivity contribution >= 4 is 5.69 Å². The molecule has 0 radical (unpaired) electrons. The zero-order valence-electron chi connectivity index (χ0n) is 9.18. The van der Waals surface area contributed by atoms with Gasteiger partial charge in [-0.2, -0.15) is 0 Å². The minimum absolute atomic E-state index is 0.249. The molecule has 5 heteroatoms. The van der Waals surface area contributed by atoms with Crippen molar-refractivity contribution in [2.45, 2.75) is 12.8 Å². The summed E-state index contributed by atoms with van der Waals surface area (Å²) in [6.45, 7) is 0. The van der Waals surface area contributed by atoms with Crippen LogP contribution in [-0.2, 0) is 12.8 Å². The molecule has 0 aliphatic heterocycles. The highest BCUT2D eigenvalue weighted by molar-refractivity contribution is 5.39. The van der Waals surface area contributed by atoms with Gasteiger partial charge in [0.05, 0.1) is 6.07 Å². The Bertz CT molecular complexity index is 561. The summed E-state index contributed by atoms with van der Waals surface area (Å²) in [6, 6.07) is 8.56. The second-order valence-electron chi connectivity index (χ2n) is 3.79. The third kappa shape index (κ3) is 3.07. The third-order valence-corrected chi connectivity index (χ3v) is 2.41. The average molecular weight is 231 g/mol. The highest BCUT2D eigenvalue weighted by Crippen LogP contribution is 2.08. The van der Waals surface area contributed by atoms with E-state index < -0.39 is 0 Å². The van der Waals surface area contributed by atoms with E-state index in [2.05, 4.69) is 9.97 Å². The molecule has 0 amide bonds. The molecule has 4 N–H and O–H groups in total. The molecule has 88 valence electrons. The van der Waals surface area contributed by atoms with Gasteiger partial charge in [0.25, 0.3) is 5.56 Å². The topological polar surface area (TPSA) is 92.0 Å². The Balaban J connectivity index is 2.07. The van der Waals surface area contributed by atoms with Crippen LogP contribution >= 0.6 is 0 Å². The molecule has 0 saturated carbocycles. The molecule has 0 unspecified atom stereocenters. The summed E-state index contributed by atoms with van der Waals surface area (Å²) in [5.74, 6) is 0.230. The predicted molar refractivity (Wildman–Crippen MR) is 64.8 cm³/mol. The van der Waals surface area contributed by atoms with E-state index in [9.17, 15) is 9.90 Å². The van der Waals surface area contributed by atoms with Crippen molar-refractivity contribution in [1.82, 2.24) is 9.97 Å². The van der Waals surface area contributed by atoms with E-state index in [1.807, 2.05) is 24.3 Å². The fourth-order valence-corrected chi connectivity index (χ4v) is 1.56. The Kier molecular flexibility index (Phi) is 3.09. The van der Waals surface area contributed by atoms with Gasteiger partial charge in [0.2, 0.25) is 5.88 Å². The zero-order valence-corrected chi connectivity index (χ0v) is 9.18. The largest absolute Gasteiger partial charge is 0.493 e. The SMILES string of the molecule is Nc1ccc(CCc2nc(O)cc(=O)[nH]2)cc1. The van der Waals surface area contributed by atoms with Crippen molar-refractivity contribution in [1.29, 1.82) is 0 Å². The maximum atomic E-state index is 11.1. The van der Waals surface area contributed by atoms with Gasteiger partial charge in [-0.15, -0.1) is 0 Å². The number of aromatic hydroxyl groups is 1. The van der Waals surface area contributed by atoms with Crippen LogP contribution in [0.5, 0.6) is 5.88 Å². The highest BCUT2D eigenvalue weighted by atomic mass is 16.3. The van der Waals surface area contributed by atoms with Gasteiger partial charge < -0.3 is 15.8 Å². The second kappa shape index (κ2) is 4.69. The number of aryl methyl sites for hydroxylation is 2. The molecule has 5 nitrogen and oxygen atoms in total. The molecule has 0 saturated heterocycles. The molecule has 0 aliphatic rings. The van der Waals surface area contributed by atoms with Crippen molar-refractivity contribution in [3.63, 3.8) is 0 Å². The van der Waals surface area contributed by atoms with Crippen molar-refractivity contribution in [2.24, 2.45) is 0 Å². The number of nitrogens with one attached hydrogen (secondary N) is 1. The van der Waals surface area contributed by atoms with Crippen molar-refractivity contribution in [2.75, 3.05) is 5.73 Å². The van der Waals surface area contributed by atoms with Gasteiger partial charge in [-0.1, -0.05) is 12.1 Å². The quantitative estimate of drug-likeness (QED) is 0.682. The van der Waals surface area contributed by atoms with E-state index >= 15 is 0 Å². The monoisotopic (exact) mass is 231 g/mol. The van der Waals surface area contributed by atoms with Crippen LogP contribution in [0.3, 0.4) is 0 Å². The molecular weight excluding hydrogens is 218 g/mol. The van der Waals surface area contributed by atoms with E-state index in [4.69, 9.17) is 5.73 Å². The lowest BCUT2D eigenvalue weighted by atomic mass is 10.1. The van der Waals surface area contributed by atoms with Crippen LogP contribution in [0.4, 0.5) is 5.69 Å². The van der Waals surface area contributed by atoms with Gasteiger partial charge in [-0.25, -0.2) is 4.98 Å². The molecule has 0 bridgehead atoms. The van der Waals surface area contributed by atoms with Gasteiger partial charge in [-0.3, -0.25) is 4.79 Å². The van der Waals surface area contributed by atoms with Crippen molar-refractivity contribution < 1.29 is 5.11 Å². The number of nitrogens with two attached hydrogens (primary N) is 1. The molecule has 2 rings (SSSR count). The summed E-state index contributed by atoms with van der Waals surface area (Å²) in [7, 11) is 0. The van der Waals surface area contributed by atoms with Crippen LogP contribution in [0, 0.1) is 0 Å². The summed E-state index contributed by atoms with van der Waals surface area (Å²) >= 11 is 0. The molecule has 0 aliphatic carbocycles. The first-order valence-electron chi connectivity index (χ1n) is 5.27. The summed E-state index contributed by atoms with van der Waals surface area (Å²) in [5, 5.41) is 9.18. The molecule has 1 aromatic carbocycles. The van der Waals surface area contributed by atoms with E-state index in [1.54, 1.807) is 0 Å². The van der Waals surface area contributed by atoms with E-state index in [0.717, 1.165) is 23.7 Å². The minimum Gasteiger partial charge on any atom is -0.493 e. The van der Waals surface area contributed by atoms with Crippen molar-refractivity contribution in [3.8, 4) is 5.88 Å². The summed E-state index contributed by atoms with van der Waals surface area (Å²) < 4.78 is 0. The summed E-state index contributed by atoms with van der Waals surface area (Å²) in [5.41, 5.74) is 7.06. The highest BCUT2D eigenvalue weighted by Gasteiger charge is 2.01. The van der Waals surface area contributed by atoms with Gasteiger partial charge in [0, 0.05) is 12.1 Å². The number of nitrogens with zero attached hydrogens (tertiary/aromatic N) is 1. The Labute approximate surface area is 98.0 Å². The van der Waals surface area contributed by atoms with Crippen LogP contribution in [0.2, 0.25) is 0 Å². The normalized spacial score (nSPS) is 10.4. The lowest BCUT2D eigenvalue weighted by molar-refractivity contribution is 0.447. The van der Waals surface area contributed by atoms with Crippen LogP contribution in [0.25, 0.3) is 0 Å². The maximum absolute atomic E-state index is 11.1. The van der Waals surface area contributed by atoms with Crippen LogP contribution in [-0.4, -0.2) is 15.1 Å². The maximum Gasteiger partial charge on any atom is 0.254 e.